The Bertz CT molecular complexity index is 530. The minimum absolute atomic E-state index is 0.136. The summed E-state index contributed by atoms with van der Waals surface area (Å²) in [6.07, 6.45) is 0.136. The van der Waals surface area contributed by atoms with E-state index < -0.39 is 5.60 Å². The van der Waals surface area contributed by atoms with Gasteiger partial charge in [-0.2, -0.15) is 0 Å². The van der Waals surface area contributed by atoms with Crippen LogP contribution in [0.2, 0.25) is 0 Å². The summed E-state index contributed by atoms with van der Waals surface area (Å²) in [7, 11) is 0. The van der Waals surface area contributed by atoms with Gasteiger partial charge in [-0.25, -0.2) is 4.79 Å². The van der Waals surface area contributed by atoms with E-state index >= 15 is 0 Å². The normalized spacial score (nSPS) is 12.7. The second kappa shape index (κ2) is 7.99. The molecule has 0 saturated heterocycles. The van der Waals surface area contributed by atoms with Crippen LogP contribution in [0.5, 0.6) is 0 Å². The Hall–Kier alpha value is -2.04. The molecule has 0 radical (unpaired) electrons. The lowest BCUT2D eigenvalue weighted by atomic mass is 10.0. The van der Waals surface area contributed by atoms with Crippen LogP contribution in [0, 0.1) is 0 Å². The predicted molar refractivity (Wildman–Crippen MR) is 92.6 cm³/mol. The fourth-order valence-corrected chi connectivity index (χ4v) is 2.03. The van der Waals surface area contributed by atoms with Crippen LogP contribution >= 0.6 is 0 Å². The van der Waals surface area contributed by atoms with Crippen LogP contribution in [0.3, 0.4) is 0 Å². The van der Waals surface area contributed by atoms with Crippen LogP contribution in [0.1, 0.15) is 59.4 Å². The molecule has 2 amide bonds. The third-order valence-electron chi connectivity index (χ3n) is 3.11. The Morgan fingerprint density at radius 2 is 1.65 bits per heavy atom. The molecule has 5 heteroatoms. The van der Waals surface area contributed by atoms with E-state index in [-0.39, 0.29) is 24.5 Å². The van der Waals surface area contributed by atoms with E-state index in [4.69, 9.17) is 4.74 Å². The number of esters is 1. The summed E-state index contributed by atoms with van der Waals surface area (Å²) in [6, 6.07) is 7.08. The zero-order valence-corrected chi connectivity index (χ0v) is 14.9. The van der Waals surface area contributed by atoms with Gasteiger partial charge < -0.3 is 15.4 Å². The number of amides is 2. The third-order valence-corrected chi connectivity index (χ3v) is 3.11. The highest BCUT2D eigenvalue weighted by molar-refractivity contribution is 5.89. The zero-order chi connectivity index (χ0) is 17.6. The summed E-state index contributed by atoms with van der Waals surface area (Å²) < 4.78 is 5.23. The Kier molecular flexibility index (Phi) is 6.61. The Labute approximate surface area is 138 Å². The first-order valence-corrected chi connectivity index (χ1v) is 7.96. The van der Waals surface area contributed by atoms with Crippen molar-refractivity contribution in [3.8, 4) is 0 Å². The molecule has 1 aromatic carbocycles. The predicted octanol–water partition coefficient (Wildman–Crippen LogP) is 4.05. The molecule has 0 heterocycles. The maximum Gasteiger partial charge on any atom is 0.319 e. The van der Waals surface area contributed by atoms with Crippen LogP contribution in [0.25, 0.3) is 0 Å². The quantitative estimate of drug-likeness (QED) is 0.804. The molecule has 1 unspecified atom stereocenters. The first-order chi connectivity index (χ1) is 10.6. The molecular weight excluding hydrogens is 292 g/mol. The van der Waals surface area contributed by atoms with Gasteiger partial charge in [0, 0.05) is 11.7 Å². The van der Waals surface area contributed by atoms with Gasteiger partial charge in [-0.05, 0) is 51.3 Å². The van der Waals surface area contributed by atoms with Gasteiger partial charge in [0.25, 0.3) is 0 Å². The molecule has 1 atom stereocenters. The van der Waals surface area contributed by atoms with Gasteiger partial charge in [0.2, 0.25) is 0 Å². The van der Waals surface area contributed by atoms with Crippen molar-refractivity contribution in [3.05, 3.63) is 29.8 Å². The lowest BCUT2D eigenvalue weighted by molar-refractivity contribution is -0.155. The van der Waals surface area contributed by atoms with Crippen molar-refractivity contribution >= 4 is 17.7 Å². The van der Waals surface area contributed by atoms with E-state index in [0.29, 0.717) is 5.92 Å². The zero-order valence-electron chi connectivity index (χ0n) is 14.9. The highest BCUT2D eigenvalue weighted by Gasteiger charge is 2.19. The molecule has 23 heavy (non-hydrogen) atoms. The summed E-state index contributed by atoms with van der Waals surface area (Å²) in [5.74, 6) is 0.123. The molecule has 2 N–H and O–H groups in total. The minimum atomic E-state index is -0.517. The number of carbonyl (C=O) groups is 2. The number of ether oxygens (including phenoxy) is 1. The van der Waals surface area contributed by atoms with E-state index in [9.17, 15) is 9.59 Å². The van der Waals surface area contributed by atoms with Gasteiger partial charge in [-0.3, -0.25) is 4.79 Å². The van der Waals surface area contributed by atoms with Crippen molar-refractivity contribution in [2.45, 2.75) is 65.5 Å². The maximum absolute atomic E-state index is 11.9. The minimum Gasteiger partial charge on any atom is -0.460 e. The van der Waals surface area contributed by atoms with Gasteiger partial charge >= 0.3 is 12.0 Å². The summed E-state index contributed by atoms with van der Waals surface area (Å²) in [5.41, 5.74) is 1.42. The van der Waals surface area contributed by atoms with Crippen molar-refractivity contribution in [2.24, 2.45) is 0 Å². The van der Waals surface area contributed by atoms with E-state index in [1.807, 2.05) is 45.0 Å². The molecule has 0 bridgehead atoms. The fourth-order valence-electron chi connectivity index (χ4n) is 2.03. The summed E-state index contributed by atoms with van der Waals surface area (Å²) in [4.78, 5) is 23.7. The molecule has 0 aliphatic carbocycles. The smallest absolute Gasteiger partial charge is 0.319 e. The molecular formula is C18H28N2O3. The number of carbonyl (C=O) groups excluding carboxylic acids is 2. The second-order valence-electron chi connectivity index (χ2n) is 7.07. The summed E-state index contributed by atoms with van der Waals surface area (Å²) in [6.45, 7) is 11.5. The summed E-state index contributed by atoms with van der Waals surface area (Å²) in [5, 5.41) is 5.49. The van der Waals surface area contributed by atoms with Gasteiger partial charge in [0.05, 0.1) is 6.42 Å². The number of urea groups is 1. The second-order valence-corrected chi connectivity index (χ2v) is 7.07. The van der Waals surface area contributed by atoms with Crippen LogP contribution < -0.4 is 10.6 Å². The van der Waals surface area contributed by atoms with Crippen molar-refractivity contribution in [3.63, 3.8) is 0 Å². The van der Waals surface area contributed by atoms with Gasteiger partial charge in [-0.15, -0.1) is 0 Å². The standard InChI is InChI=1S/C18H28N2O3/c1-12(2)14-7-9-15(10-8-14)20-17(22)19-13(3)11-16(21)23-18(4,5)6/h7-10,12-13H,11H2,1-6H3,(H2,19,20,22). The van der Waals surface area contributed by atoms with Crippen molar-refractivity contribution in [1.29, 1.82) is 0 Å². The molecule has 5 nitrogen and oxygen atoms in total. The first kappa shape index (κ1) is 19.0. The Morgan fingerprint density at radius 3 is 2.13 bits per heavy atom. The lowest BCUT2D eigenvalue weighted by Crippen LogP contribution is -2.38. The van der Waals surface area contributed by atoms with E-state index in [0.717, 1.165) is 5.69 Å². The Morgan fingerprint density at radius 1 is 1.09 bits per heavy atom. The van der Waals surface area contributed by atoms with E-state index in [1.165, 1.54) is 5.56 Å². The number of nitrogens with one attached hydrogen (secondary N) is 2. The number of anilines is 1. The molecule has 0 spiro atoms. The van der Waals surface area contributed by atoms with Crippen molar-refractivity contribution < 1.29 is 14.3 Å². The lowest BCUT2D eigenvalue weighted by Gasteiger charge is -2.21. The average Bonchev–Trinajstić information content (AvgIpc) is 2.36. The molecule has 0 aliphatic heterocycles. The van der Waals surface area contributed by atoms with Crippen molar-refractivity contribution in [1.82, 2.24) is 5.32 Å². The van der Waals surface area contributed by atoms with Gasteiger partial charge in [0.1, 0.15) is 5.60 Å². The average molecular weight is 320 g/mol. The first-order valence-electron chi connectivity index (χ1n) is 7.96. The molecule has 0 fully saturated rings. The highest BCUT2D eigenvalue weighted by atomic mass is 16.6. The third kappa shape index (κ3) is 7.68. The van der Waals surface area contributed by atoms with Crippen LogP contribution in [-0.4, -0.2) is 23.6 Å². The Balaban J connectivity index is 2.45. The van der Waals surface area contributed by atoms with Crippen LogP contribution in [-0.2, 0) is 9.53 Å². The molecule has 1 rings (SSSR count). The molecule has 1 aromatic rings. The number of rotatable bonds is 5. The molecule has 128 valence electrons. The summed E-state index contributed by atoms with van der Waals surface area (Å²) >= 11 is 0. The topological polar surface area (TPSA) is 67.4 Å². The molecule has 0 aliphatic rings. The number of benzene rings is 1. The monoisotopic (exact) mass is 320 g/mol. The SMILES string of the molecule is CC(CC(=O)OC(C)(C)C)NC(=O)Nc1ccc(C(C)C)cc1. The fraction of sp³-hybridized carbons (Fsp3) is 0.556. The van der Waals surface area contributed by atoms with E-state index in [2.05, 4.69) is 24.5 Å². The van der Waals surface area contributed by atoms with E-state index in [1.54, 1.807) is 6.92 Å². The largest absolute Gasteiger partial charge is 0.460 e. The van der Waals surface area contributed by atoms with Crippen LogP contribution in [0.15, 0.2) is 24.3 Å². The molecule has 0 aromatic heterocycles. The van der Waals surface area contributed by atoms with Gasteiger partial charge in [0.15, 0.2) is 0 Å². The number of hydrogen-bond donors (Lipinski definition) is 2. The highest BCUT2D eigenvalue weighted by Crippen LogP contribution is 2.17. The number of hydrogen-bond acceptors (Lipinski definition) is 3. The maximum atomic E-state index is 11.9. The van der Waals surface area contributed by atoms with Crippen molar-refractivity contribution in [2.75, 3.05) is 5.32 Å². The molecule has 0 saturated carbocycles. The van der Waals surface area contributed by atoms with Gasteiger partial charge in [-0.1, -0.05) is 26.0 Å². The van der Waals surface area contributed by atoms with Crippen LogP contribution in [0.4, 0.5) is 10.5 Å².